The van der Waals surface area contributed by atoms with Crippen molar-refractivity contribution in [3.05, 3.63) is 112 Å². The molecule has 5 aromatic rings. The van der Waals surface area contributed by atoms with Crippen LogP contribution in [0.2, 0.25) is 5.02 Å². The lowest BCUT2D eigenvalue weighted by Crippen LogP contribution is -2.29. The van der Waals surface area contributed by atoms with E-state index in [0.29, 0.717) is 21.5 Å². The Hall–Kier alpha value is -4.23. The van der Waals surface area contributed by atoms with Crippen molar-refractivity contribution in [3.8, 4) is 16.9 Å². The number of carbonyl (C=O) groups excluding carboxylic acids is 1. The fraction of sp³-hybridized carbons (Fsp3) is 0.0769. The molecule has 0 aliphatic rings. The zero-order valence-electron chi connectivity index (χ0n) is 18.3. The van der Waals surface area contributed by atoms with E-state index >= 15 is 0 Å². The molecular weight excluding hydrogens is 450 g/mol. The quantitative estimate of drug-likeness (QED) is 0.416. The summed E-state index contributed by atoms with van der Waals surface area (Å²) in [6.07, 6.45) is 1.88. The van der Waals surface area contributed by atoms with E-state index in [1.54, 1.807) is 41.1 Å². The molecule has 0 unspecified atom stereocenters. The van der Waals surface area contributed by atoms with Crippen molar-refractivity contribution in [2.24, 2.45) is 0 Å². The number of nitrogens with zero attached hydrogens (tertiary/aromatic N) is 4. The van der Waals surface area contributed by atoms with E-state index in [4.69, 9.17) is 16.7 Å². The van der Waals surface area contributed by atoms with Crippen LogP contribution in [-0.4, -0.2) is 32.5 Å². The van der Waals surface area contributed by atoms with Gasteiger partial charge in [-0.15, -0.1) is 0 Å². The molecule has 1 N–H and O–H groups in total. The minimum absolute atomic E-state index is 0.137. The second-order valence-electron chi connectivity index (χ2n) is 7.73. The summed E-state index contributed by atoms with van der Waals surface area (Å²) in [6.45, 7) is 0.137. The maximum absolute atomic E-state index is 13.3. The van der Waals surface area contributed by atoms with Crippen molar-refractivity contribution in [2.45, 2.75) is 6.54 Å². The van der Waals surface area contributed by atoms with Crippen LogP contribution in [0.15, 0.2) is 89.9 Å². The van der Waals surface area contributed by atoms with E-state index in [0.717, 1.165) is 16.8 Å². The molecule has 7 nitrogen and oxygen atoms in total. The molecule has 8 heteroatoms. The van der Waals surface area contributed by atoms with E-state index in [1.165, 1.54) is 11.7 Å². The average molecular weight is 470 g/mol. The van der Waals surface area contributed by atoms with Gasteiger partial charge in [0.2, 0.25) is 0 Å². The summed E-state index contributed by atoms with van der Waals surface area (Å²) in [6, 6.07) is 24.1. The van der Waals surface area contributed by atoms with Crippen molar-refractivity contribution in [2.75, 3.05) is 7.05 Å². The molecule has 0 saturated heterocycles. The summed E-state index contributed by atoms with van der Waals surface area (Å²) in [4.78, 5) is 25.8. The number of para-hydroxylation sites is 1. The van der Waals surface area contributed by atoms with E-state index in [1.807, 2.05) is 48.7 Å². The number of amides is 1. The minimum Gasteiger partial charge on any atom is -0.354 e. The van der Waals surface area contributed by atoms with Crippen molar-refractivity contribution in [1.29, 1.82) is 0 Å². The largest absolute Gasteiger partial charge is 0.354 e. The molecule has 0 spiro atoms. The molecular formula is C26H20ClN5O2. The summed E-state index contributed by atoms with van der Waals surface area (Å²) in [7, 11) is 1.54. The van der Waals surface area contributed by atoms with Gasteiger partial charge in [0.15, 0.2) is 5.69 Å². The first kappa shape index (κ1) is 21.6. The van der Waals surface area contributed by atoms with Crippen LogP contribution in [0, 0.1) is 0 Å². The van der Waals surface area contributed by atoms with E-state index in [-0.39, 0.29) is 23.7 Å². The second-order valence-corrected chi connectivity index (χ2v) is 8.16. The number of hydrogen-bond donors (Lipinski definition) is 1. The van der Waals surface area contributed by atoms with Crippen molar-refractivity contribution in [3.63, 3.8) is 0 Å². The summed E-state index contributed by atoms with van der Waals surface area (Å²) in [5.41, 5.74) is 3.13. The zero-order chi connectivity index (χ0) is 23.7. The molecule has 5 rings (SSSR count). The fourth-order valence-corrected chi connectivity index (χ4v) is 4.00. The summed E-state index contributed by atoms with van der Waals surface area (Å²) in [5.74, 6) is -0.358. The molecule has 2 heterocycles. The first-order valence-electron chi connectivity index (χ1n) is 10.7. The van der Waals surface area contributed by atoms with Crippen molar-refractivity contribution in [1.82, 2.24) is 24.9 Å². The van der Waals surface area contributed by atoms with Gasteiger partial charge in [0.25, 0.3) is 11.5 Å². The highest BCUT2D eigenvalue weighted by Gasteiger charge is 2.18. The van der Waals surface area contributed by atoms with Gasteiger partial charge in [0, 0.05) is 34.8 Å². The summed E-state index contributed by atoms with van der Waals surface area (Å²) in [5, 5.41) is 13.4. The molecule has 0 radical (unpaired) electrons. The molecule has 0 aliphatic heterocycles. The third-order valence-corrected chi connectivity index (χ3v) is 5.81. The van der Waals surface area contributed by atoms with Gasteiger partial charge in [-0.3, -0.25) is 9.59 Å². The first-order chi connectivity index (χ1) is 16.5. The molecule has 0 fully saturated rings. The molecule has 3 aromatic carbocycles. The molecule has 0 saturated carbocycles. The van der Waals surface area contributed by atoms with Gasteiger partial charge in [-0.05, 0) is 30.3 Å². The van der Waals surface area contributed by atoms with Crippen LogP contribution in [0.1, 0.15) is 16.1 Å². The Labute approximate surface area is 200 Å². The Morgan fingerprint density at radius 2 is 1.59 bits per heavy atom. The van der Waals surface area contributed by atoms with Gasteiger partial charge in [0.05, 0.1) is 23.3 Å². The Morgan fingerprint density at radius 3 is 2.29 bits per heavy atom. The maximum Gasteiger partial charge on any atom is 0.274 e. The lowest BCUT2D eigenvalue weighted by Gasteiger charge is -2.10. The monoisotopic (exact) mass is 469 g/mol. The predicted octanol–water partition coefficient (Wildman–Crippen LogP) is 4.31. The number of carbonyl (C=O) groups is 1. The highest BCUT2D eigenvalue weighted by Crippen LogP contribution is 2.26. The Bertz CT molecular complexity index is 1560. The van der Waals surface area contributed by atoms with Crippen LogP contribution in [0.3, 0.4) is 0 Å². The van der Waals surface area contributed by atoms with Gasteiger partial charge in [-0.25, -0.2) is 9.36 Å². The number of hydrogen-bond acceptors (Lipinski definition) is 4. The topological polar surface area (TPSA) is 81.8 Å². The number of fused-ring (bicyclic) bond motifs is 1. The number of aromatic nitrogens is 4. The normalized spacial score (nSPS) is 11.0. The van der Waals surface area contributed by atoms with Gasteiger partial charge >= 0.3 is 0 Å². The van der Waals surface area contributed by atoms with Gasteiger partial charge in [0.1, 0.15) is 0 Å². The number of rotatable bonds is 5. The minimum atomic E-state index is -0.358. The van der Waals surface area contributed by atoms with Crippen LogP contribution in [0.5, 0.6) is 0 Å². The Balaban J connectivity index is 1.68. The summed E-state index contributed by atoms with van der Waals surface area (Å²) >= 11 is 6.09. The third-order valence-electron chi connectivity index (χ3n) is 5.56. The molecule has 34 heavy (non-hydrogen) atoms. The maximum atomic E-state index is 13.3. The van der Waals surface area contributed by atoms with Crippen LogP contribution in [0.25, 0.3) is 27.7 Å². The van der Waals surface area contributed by atoms with E-state index < -0.39 is 0 Å². The van der Waals surface area contributed by atoms with Crippen LogP contribution >= 0.6 is 11.6 Å². The van der Waals surface area contributed by atoms with E-state index in [9.17, 15) is 9.59 Å². The smallest absolute Gasteiger partial charge is 0.274 e. The molecule has 0 aliphatic carbocycles. The SMILES string of the molecule is CNC(=O)c1nn(Cc2cn(-c3ccccc3)nc2-c2ccc(Cl)cc2)c(=O)c2ccccc12. The molecule has 0 atom stereocenters. The predicted molar refractivity (Wildman–Crippen MR) is 133 cm³/mol. The van der Waals surface area contributed by atoms with Gasteiger partial charge < -0.3 is 5.32 Å². The highest BCUT2D eigenvalue weighted by atomic mass is 35.5. The molecule has 2 aromatic heterocycles. The second kappa shape index (κ2) is 8.96. The standard InChI is InChI=1S/C26H20ClN5O2/c1-28-25(33)24-21-9-5-6-10-22(21)26(34)32(30-24)16-18-15-31(20-7-3-2-4-8-20)29-23(18)17-11-13-19(27)14-12-17/h2-15H,16H2,1H3,(H,28,33). The van der Waals surface area contributed by atoms with Crippen LogP contribution in [-0.2, 0) is 6.54 Å². The summed E-state index contributed by atoms with van der Waals surface area (Å²) < 4.78 is 3.09. The van der Waals surface area contributed by atoms with Crippen molar-refractivity contribution >= 4 is 28.3 Å². The van der Waals surface area contributed by atoms with Crippen LogP contribution < -0.4 is 10.9 Å². The lowest BCUT2D eigenvalue weighted by molar-refractivity contribution is 0.0957. The number of halogens is 1. The zero-order valence-corrected chi connectivity index (χ0v) is 19.0. The van der Waals surface area contributed by atoms with Crippen molar-refractivity contribution < 1.29 is 4.79 Å². The lowest BCUT2D eigenvalue weighted by atomic mass is 10.1. The Morgan fingerprint density at radius 1 is 0.912 bits per heavy atom. The molecule has 1 amide bonds. The number of nitrogens with one attached hydrogen (secondary N) is 1. The van der Waals surface area contributed by atoms with Gasteiger partial charge in [-0.1, -0.05) is 60.1 Å². The highest BCUT2D eigenvalue weighted by molar-refractivity contribution is 6.30. The third kappa shape index (κ3) is 3.97. The van der Waals surface area contributed by atoms with E-state index in [2.05, 4.69) is 10.4 Å². The molecule has 168 valence electrons. The average Bonchev–Trinajstić information content (AvgIpc) is 3.30. The van der Waals surface area contributed by atoms with Crippen LogP contribution in [0.4, 0.5) is 0 Å². The number of benzene rings is 3. The fourth-order valence-electron chi connectivity index (χ4n) is 3.88. The molecule has 0 bridgehead atoms. The first-order valence-corrected chi connectivity index (χ1v) is 11.0. The van der Waals surface area contributed by atoms with Gasteiger partial charge in [-0.2, -0.15) is 10.2 Å². The Kier molecular flexibility index (Phi) is 5.69.